The van der Waals surface area contributed by atoms with Gasteiger partial charge in [0.15, 0.2) is 5.82 Å². The van der Waals surface area contributed by atoms with Crippen LogP contribution in [-0.2, 0) is 7.05 Å². The molecule has 0 bridgehead atoms. The molecule has 0 radical (unpaired) electrons. The van der Waals surface area contributed by atoms with Crippen molar-refractivity contribution in [2.24, 2.45) is 18.5 Å². The molecule has 1 aliphatic heterocycles. The Balaban J connectivity index is 2.11. The quantitative estimate of drug-likeness (QED) is 0.576. The van der Waals surface area contributed by atoms with Crippen molar-refractivity contribution < 1.29 is 0 Å². The highest BCUT2D eigenvalue weighted by atomic mass is 15.3. The van der Waals surface area contributed by atoms with Gasteiger partial charge in [-0.1, -0.05) is 0 Å². The van der Waals surface area contributed by atoms with Crippen LogP contribution in [-0.4, -0.2) is 35.0 Å². The van der Waals surface area contributed by atoms with Crippen molar-refractivity contribution in [2.75, 3.05) is 18.0 Å². The maximum Gasteiger partial charge on any atom is 0.150 e. The average molecular weight is 181 g/mol. The molecule has 0 amide bonds. The standard InChI is InChI=1S/C8H15N5/c1-12-3-2-8(11-12)13-4-6(9)7(10)5-13/h2-3,6-7H,4-5,9-10H2,1H3. The van der Waals surface area contributed by atoms with Crippen molar-refractivity contribution >= 4 is 5.82 Å². The van der Waals surface area contributed by atoms with Gasteiger partial charge < -0.3 is 16.4 Å². The maximum absolute atomic E-state index is 5.81. The fraction of sp³-hybridized carbons (Fsp3) is 0.625. The minimum Gasteiger partial charge on any atom is -0.352 e. The molecule has 13 heavy (non-hydrogen) atoms. The first-order chi connectivity index (χ1) is 6.16. The van der Waals surface area contributed by atoms with E-state index in [1.165, 1.54) is 0 Å². The molecule has 1 fully saturated rings. The summed E-state index contributed by atoms with van der Waals surface area (Å²) in [7, 11) is 1.90. The summed E-state index contributed by atoms with van der Waals surface area (Å²) in [4.78, 5) is 2.12. The summed E-state index contributed by atoms with van der Waals surface area (Å²) >= 11 is 0. The molecule has 0 aliphatic carbocycles. The zero-order valence-corrected chi connectivity index (χ0v) is 7.72. The van der Waals surface area contributed by atoms with Gasteiger partial charge in [0, 0.05) is 44.5 Å². The fourth-order valence-corrected chi connectivity index (χ4v) is 1.61. The Bertz CT molecular complexity index is 284. The second kappa shape index (κ2) is 3.01. The lowest BCUT2D eigenvalue weighted by molar-refractivity contribution is 0.642. The van der Waals surface area contributed by atoms with Crippen LogP contribution >= 0.6 is 0 Å². The Labute approximate surface area is 77.3 Å². The fourth-order valence-electron chi connectivity index (χ4n) is 1.61. The molecule has 1 aromatic rings. The second-order valence-electron chi connectivity index (χ2n) is 3.58. The molecular formula is C8H15N5. The number of nitrogens with two attached hydrogens (primary N) is 2. The Morgan fingerprint density at radius 2 is 2.00 bits per heavy atom. The van der Waals surface area contributed by atoms with Crippen molar-refractivity contribution in [2.45, 2.75) is 12.1 Å². The van der Waals surface area contributed by atoms with E-state index in [1.54, 1.807) is 4.68 Å². The van der Waals surface area contributed by atoms with Gasteiger partial charge in [0.2, 0.25) is 0 Å². The average Bonchev–Trinajstić information content (AvgIpc) is 2.61. The molecule has 2 unspecified atom stereocenters. The SMILES string of the molecule is Cn1ccc(N2CC(N)C(N)C2)n1. The van der Waals surface area contributed by atoms with Crippen molar-refractivity contribution in [1.29, 1.82) is 0 Å². The molecule has 0 spiro atoms. The topological polar surface area (TPSA) is 73.1 Å². The summed E-state index contributed by atoms with van der Waals surface area (Å²) in [5.74, 6) is 0.964. The number of hydrogen-bond acceptors (Lipinski definition) is 4. The lowest BCUT2D eigenvalue weighted by Crippen LogP contribution is -2.39. The van der Waals surface area contributed by atoms with Gasteiger partial charge in [0.25, 0.3) is 0 Å². The third-order valence-corrected chi connectivity index (χ3v) is 2.44. The van der Waals surface area contributed by atoms with Gasteiger partial charge in [0.1, 0.15) is 0 Å². The molecule has 1 saturated heterocycles. The van der Waals surface area contributed by atoms with Gasteiger partial charge in [-0.05, 0) is 0 Å². The van der Waals surface area contributed by atoms with E-state index >= 15 is 0 Å². The predicted octanol–water partition coefficient (Wildman–Crippen LogP) is -1.11. The Morgan fingerprint density at radius 1 is 1.38 bits per heavy atom. The predicted molar refractivity (Wildman–Crippen MR) is 51.4 cm³/mol. The van der Waals surface area contributed by atoms with Crippen molar-refractivity contribution in [3.05, 3.63) is 12.3 Å². The van der Waals surface area contributed by atoms with Gasteiger partial charge in [-0.3, -0.25) is 4.68 Å². The van der Waals surface area contributed by atoms with Crippen LogP contribution in [0.4, 0.5) is 5.82 Å². The first kappa shape index (κ1) is 8.52. The molecule has 1 aromatic heterocycles. The lowest BCUT2D eigenvalue weighted by atomic mass is 10.2. The largest absolute Gasteiger partial charge is 0.352 e. The summed E-state index contributed by atoms with van der Waals surface area (Å²) in [6, 6.07) is 2.12. The third kappa shape index (κ3) is 1.52. The highest BCUT2D eigenvalue weighted by Crippen LogP contribution is 2.15. The van der Waals surface area contributed by atoms with Gasteiger partial charge in [-0.2, -0.15) is 5.10 Å². The molecule has 0 aromatic carbocycles. The lowest BCUT2D eigenvalue weighted by Gasteiger charge is -2.13. The van der Waals surface area contributed by atoms with Crippen LogP contribution in [0.25, 0.3) is 0 Å². The molecule has 1 aliphatic rings. The number of anilines is 1. The maximum atomic E-state index is 5.81. The molecule has 2 rings (SSSR count). The van der Waals surface area contributed by atoms with Crippen LogP contribution in [0.2, 0.25) is 0 Å². The van der Waals surface area contributed by atoms with Gasteiger partial charge >= 0.3 is 0 Å². The number of aryl methyl sites for hydroxylation is 1. The summed E-state index contributed by atoms with van der Waals surface area (Å²) < 4.78 is 1.78. The number of nitrogens with zero attached hydrogens (tertiary/aromatic N) is 3. The van der Waals surface area contributed by atoms with E-state index in [-0.39, 0.29) is 12.1 Å². The van der Waals surface area contributed by atoms with Crippen molar-refractivity contribution in [3.8, 4) is 0 Å². The first-order valence-electron chi connectivity index (χ1n) is 4.42. The Morgan fingerprint density at radius 3 is 2.46 bits per heavy atom. The molecule has 0 saturated carbocycles. The number of aromatic nitrogens is 2. The van der Waals surface area contributed by atoms with E-state index < -0.39 is 0 Å². The molecule has 2 atom stereocenters. The zero-order chi connectivity index (χ0) is 9.42. The van der Waals surface area contributed by atoms with E-state index in [2.05, 4.69) is 10.00 Å². The van der Waals surface area contributed by atoms with E-state index in [0.29, 0.717) is 0 Å². The molecular weight excluding hydrogens is 166 g/mol. The molecule has 4 N–H and O–H groups in total. The minimum atomic E-state index is 0.0713. The Kier molecular flexibility index (Phi) is 1.97. The zero-order valence-electron chi connectivity index (χ0n) is 7.72. The summed E-state index contributed by atoms with van der Waals surface area (Å²) in [6.45, 7) is 1.61. The van der Waals surface area contributed by atoms with Crippen LogP contribution in [0.1, 0.15) is 0 Å². The second-order valence-corrected chi connectivity index (χ2v) is 3.58. The van der Waals surface area contributed by atoms with Gasteiger partial charge in [-0.25, -0.2) is 0 Å². The highest BCUT2D eigenvalue weighted by Gasteiger charge is 2.28. The normalized spacial score (nSPS) is 28.4. The summed E-state index contributed by atoms with van der Waals surface area (Å²) in [5.41, 5.74) is 11.6. The highest BCUT2D eigenvalue weighted by molar-refractivity contribution is 5.39. The van der Waals surface area contributed by atoms with Crippen LogP contribution in [0.3, 0.4) is 0 Å². The molecule has 72 valence electrons. The van der Waals surface area contributed by atoms with Gasteiger partial charge in [0.05, 0.1) is 0 Å². The summed E-state index contributed by atoms with van der Waals surface area (Å²) in [6.07, 6.45) is 1.92. The van der Waals surface area contributed by atoms with Crippen LogP contribution < -0.4 is 16.4 Å². The Hall–Kier alpha value is -1.07. The summed E-state index contributed by atoms with van der Waals surface area (Å²) in [5, 5.41) is 4.29. The number of rotatable bonds is 1. The molecule has 2 heterocycles. The first-order valence-corrected chi connectivity index (χ1v) is 4.42. The van der Waals surface area contributed by atoms with E-state index in [0.717, 1.165) is 18.9 Å². The van der Waals surface area contributed by atoms with Crippen LogP contribution in [0, 0.1) is 0 Å². The van der Waals surface area contributed by atoms with E-state index in [9.17, 15) is 0 Å². The smallest absolute Gasteiger partial charge is 0.150 e. The molecule has 5 nitrogen and oxygen atoms in total. The van der Waals surface area contributed by atoms with Crippen LogP contribution in [0.5, 0.6) is 0 Å². The van der Waals surface area contributed by atoms with E-state index in [4.69, 9.17) is 11.5 Å². The minimum absolute atomic E-state index is 0.0713. The van der Waals surface area contributed by atoms with Crippen molar-refractivity contribution in [1.82, 2.24) is 9.78 Å². The number of hydrogen-bond donors (Lipinski definition) is 2. The monoisotopic (exact) mass is 181 g/mol. The van der Waals surface area contributed by atoms with E-state index in [1.807, 2.05) is 19.3 Å². The third-order valence-electron chi connectivity index (χ3n) is 2.44. The molecule has 5 heteroatoms. The van der Waals surface area contributed by atoms with Crippen molar-refractivity contribution in [3.63, 3.8) is 0 Å². The van der Waals surface area contributed by atoms with Gasteiger partial charge in [-0.15, -0.1) is 0 Å². The van der Waals surface area contributed by atoms with Crippen LogP contribution in [0.15, 0.2) is 12.3 Å².